The molecule has 10 heteroatoms. The van der Waals surface area contributed by atoms with Crippen molar-refractivity contribution in [2.45, 2.75) is 32.0 Å². The molecule has 5 rings (SSSR count). The van der Waals surface area contributed by atoms with Crippen LogP contribution in [0, 0.1) is 13.8 Å². The highest BCUT2D eigenvalue weighted by Crippen LogP contribution is 2.37. The van der Waals surface area contributed by atoms with E-state index in [1.165, 1.54) is 11.8 Å². The molecule has 3 heterocycles. The number of thioether (sulfide) groups is 1. The molecule has 0 saturated heterocycles. The van der Waals surface area contributed by atoms with Gasteiger partial charge in [-0.05, 0) is 50.6 Å². The van der Waals surface area contributed by atoms with Gasteiger partial charge in [-0.3, -0.25) is 9.36 Å². The molecule has 4 aromatic rings. The van der Waals surface area contributed by atoms with Crippen molar-refractivity contribution in [2.24, 2.45) is 0 Å². The lowest BCUT2D eigenvalue weighted by Crippen LogP contribution is -2.24. The van der Waals surface area contributed by atoms with Crippen molar-refractivity contribution in [3.8, 4) is 17.2 Å². The Kier molecular flexibility index (Phi) is 7.00. The standard InChI is InChI=1S/C27H26N4O5S/c1-4-34-26(33)23-16(2)24(28-17(23)3)19(32)15-37-27-30-29-25(31(27)18-10-6-5-7-11-18)22-14-35-20-12-8-9-13-21(20)36-22/h5-13,22,28H,4,14-15H2,1-3H3/t22-/m1/s1. The van der Waals surface area contributed by atoms with Crippen LogP contribution in [-0.2, 0) is 4.74 Å². The van der Waals surface area contributed by atoms with E-state index in [2.05, 4.69) is 15.2 Å². The molecule has 1 atom stereocenters. The smallest absolute Gasteiger partial charge is 0.340 e. The molecule has 0 unspecified atom stereocenters. The van der Waals surface area contributed by atoms with Gasteiger partial charge in [0, 0.05) is 11.4 Å². The van der Waals surface area contributed by atoms with E-state index in [4.69, 9.17) is 14.2 Å². The normalized spacial score (nSPS) is 14.4. The van der Waals surface area contributed by atoms with Crippen molar-refractivity contribution < 1.29 is 23.8 Å². The minimum atomic E-state index is -0.479. The highest BCUT2D eigenvalue weighted by molar-refractivity contribution is 7.99. The number of nitrogens with zero attached hydrogens (tertiary/aromatic N) is 3. The van der Waals surface area contributed by atoms with Crippen molar-refractivity contribution in [3.05, 3.63) is 82.9 Å². The van der Waals surface area contributed by atoms with Crippen LogP contribution in [0.15, 0.2) is 59.8 Å². The molecular formula is C27H26N4O5S. The fraction of sp³-hybridized carbons (Fsp3) is 0.259. The Hall–Kier alpha value is -4.05. The number of esters is 1. The predicted molar refractivity (Wildman–Crippen MR) is 138 cm³/mol. The molecule has 2 aromatic heterocycles. The first-order valence-electron chi connectivity index (χ1n) is 11.9. The number of benzene rings is 2. The summed E-state index contributed by atoms with van der Waals surface area (Å²) in [6.45, 7) is 5.80. The summed E-state index contributed by atoms with van der Waals surface area (Å²) in [7, 11) is 0. The van der Waals surface area contributed by atoms with E-state index in [-0.39, 0.29) is 24.7 Å². The van der Waals surface area contributed by atoms with Gasteiger partial charge in [0.1, 0.15) is 6.61 Å². The van der Waals surface area contributed by atoms with Gasteiger partial charge in [-0.25, -0.2) is 4.79 Å². The van der Waals surface area contributed by atoms with Crippen LogP contribution in [0.5, 0.6) is 11.5 Å². The maximum atomic E-state index is 13.2. The summed E-state index contributed by atoms with van der Waals surface area (Å²) in [4.78, 5) is 28.6. The quantitative estimate of drug-likeness (QED) is 0.200. The zero-order valence-electron chi connectivity index (χ0n) is 20.7. The summed E-state index contributed by atoms with van der Waals surface area (Å²) >= 11 is 1.27. The van der Waals surface area contributed by atoms with E-state index in [1.54, 1.807) is 20.8 Å². The summed E-state index contributed by atoms with van der Waals surface area (Å²) in [5, 5.41) is 9.36. The lowest BCUT2D eigenvalue weighted by molar-refractivity contribution is 0.0525. The average Bonchev–Trinajstić information content (AvgIpc) is 3.47. The number of hydrogen-bond acceptors (Lipinski definition) is 8. The van der Waals surface area contributed by atoms with Crippen LogP contribution in [0.1, 0.15) is 51.0 Å². The number of ether oxygens (including phenoxy) is 3. The Bertz CT molecular complexity index is 1450. The van der Waals surface area contributed by atoms with Crippen LogP contribution >= 0.6 is 11.8 Å². The molecule has 1 N–H and O–H groups in total. The second-order valence-electron chi connectivity index (χ2n) is 8.43. The van der Waals surface area contributed by atoms with Crippen molar-refractivity contribution in [2.75, 3.05) is 19.0 Å². The first-order chi connectivity index (χ1) is 18.0. The van der Waals surface area contributed by atoms with Crippen LogP contribution in [0.25, 0.3) is 5.69 Å². The van der Waals surface area contributed by atoms with E-state index < -0.39 is 12.1 Å². The number of aryl methyl sites for hydroxylation is 1. The van der Waals surface area contributed by atoms with Crippen molar-refractivity contribution >= 4 is 23.5 Å². The van der Waals surface area contributed by atoms with Gasteiger partial charge in [0.15, 0.2) is 34.4 Å². The number of rotatable bonds is 8. The summed E-state index contributed by atoms with van der Waals surface area (Å²) in [6.07, 6.45) is -0.479. The molecule has 9 nitrogen and oxygen atoms in total. The summed E-state index contributed by atoms with van der Waals surface area (Å²) in [6, 6.07) is 17.2. The molecule has 0 fully saturated rings. The van der Waals surface area contributed by atoms with Crippen molar-refractivity contribution in [1.82, 2.24) is 19.7 Å². The Morgan fingerprint density at radius 1 is 1.08 bits per heavy atom. The zero-order chi connectivity index (χ0) is 25.9. The average molecular weight is 519 g/mol. The largest absolute Gasteiger partial charge is 0.485 e. The van der Waals surface area contributed by atoms with Crippen LogP contribution in [0.4, 0.5) is 0 Å². The molecule has 2 aromatic carbocycles. The second kappa shape index (κ2) is 10.5. The fourth-order valence-electron chi connectivity index (χ4n) is 4.29. The first-order valence-corrected chi connectivity index (χ1v) is 12.9. The minimum absolute atomic E-state index is 0.0961. The van der Waals surface area contributed by atoms with Gasteiger partial charge in [0.25, 0.3) is 0 Å². The lowest BCUT2D eigenvalue weighted by Gasteiger charge is -2.26. The molecule has 0 spiro atoms. The second-order valence-corrected chi connectivity index (χ2v) is 9.38. The maximum absolute atomic E-state index is 13.2. The van der Waals surface area contributed by atoms with Gasteiger partial charge in [-0.1, -0.05) is 42.1 Å². The number of carbonyl (C=O) groups is 2. The Balaban J connectivity index is 1.41. The number of aromatic amines is 1. The van der Waals surface area contributed by atoms with Crippen molar-refractivity contribution in [3.63, 3.8) is 0 Å². The number of Topliss-reactive ketones (excluding diaryl/α,β-unsaturated/α-hetero) is 1. The van der Waals surface area contributed by atoms with Gasteiger partial charge < -0.3 is 19.2 Å². The van der Waals surface area contributed by atoms with Crippen LogP contribution in [0.2, 0.25) is 0 Å². The minimum Gasteiger partial charge on any atom is -0.485 e. The number of nitrogens with one attached hydrogen (secondary N) is 1. The van der Waals surface area contributed by atoms with E-state index in [0.29, 0.717) is 45.0 Å². The number of H-pyrrole nitrogens is 1. The van der Waals surface area contributed by atoms with Crippen LogP contribution in [-0.4, -0.2) is 50.5 Å². The number of aromatic nitrogens is 4. The highest BCUT2D eigenvalue weighted by Gasteiger charge is 2.30. The number of fused-ring (bicyclic) bond motifs is 1. The Morgan fingerprint density at radius 2 is 1.81 bits per heavy atom. The summed E-state index contributed by atoms with van der Waals surface area (Å²) < 4.78 is 19.1. The SMILES string of the molecule is CCOC(=O)c1c(C)[nH]c(C(=O)CSc2nnc([C@H]3COc4ccccc4O3)n2-c2ccccc2)c1C. The zero-order valence-corrected chi connectivity index (χ0v) is 21.5. The third-order valence-electron chi connectivity index (χ3n) is 6.00. The topological polar surface area (TPSA) is 108 Å². The van der Waals surface area contributed by atoms with Gasteiger partial charge >= 0.3 is 5.97 Å². The molecule has 0 saturated carbocycles. The molecule has 37 heavy (non-hydrogen) atoms. The maximum Gasteiger partial charge on any atom is 0.340 e. The Morgan fingerprint density at radius 3 is 2.57 bits per heavy atom. The number of ketones is 1. The van der Waals surface area contributed by atoms with Gasteiger partial charge in [0.2, 0.25) is 0 Å². The predicted octanol–water partition coefficient (Wildman–Crippen LogP) is 4.88. The molecule has 0 bridgehead atoms. The number of hydrogen-bond donors (Lipinski definition) is 1. The van der Waals surface area contributed by atoms with Crippen LogP contribution in [0.3, 0.4) is 0 Å². The molecule has 1 aliphatic rings. The lowest BCUT2D eigenvalue weighted by atomic mass is 10.1. The molecule has 0 radical (unpaired) electrons. The number of para-hydroxylation sites is 3. The van der Waals surface area contributed by atoms with Gasteiger partial charge in [0.05, 0.1) is 23.6 Å². The summed E-state index contributed by atoms with van der Waals surface area (Å²) in [5.74, 6) is 1.40. The monoisotopic (exact) mass is 518 g/mol. The first kappa shape index (κ1) is 24.6. The van der Waals surface area contributed by atoms with Gasteiger partial charge in [-0.15, -0.1) is 10.2 Å². The van der Waals surface area contributed by atoms with E-state index in [9.17, 15) is 9.59 Å². The fourth-order valence-corrected chi connectivity index (χ4v) is 5.12. The van der Waals surface area contributed by atoms with E-state index in [1.807, 2.05) is 59.2 Å². The van der Waals surface area contributed by atoms with E-state index >= 15 is 0 Å². The molecule has 0 aliphatic carbocycles. The van der Waals surface area contributed by atoms with Crippen LogP contribution < -0.4 is 9.47 Å². The van der Waals surface area contributed by atoms with E-state index in [0.717, 1.165) is 5.69 Å². The van der Waals surface area contributed by atoms with Gasteiger partial charge in [-0.2, -0.15) is 0 Å². The molecule has 190 valence electrons. The molecular weight excluding hydrogens is 492 g/mol. The molecule has 0 amide bonds. The highest BCUT2D eigenvalue weighted by atomic mass is 32.2. The number of carbonyl (C=O) groups excluding carboxylic acids is 2. The Labute approximate surface area is 218 Å². The van der Waals surface area contributed by atoms with Crippen molar-refractivity contribution in [1.29, 1.82) is 0 Å². The molecule has 1 aliphatic heterocycles. The third kappa shape index (κ3) is 4.84. The summed E-state index contributed by atoms with van der Waals surface area (Å²) in [5.41, 5.74) is 2.82. The third-order valence-corrected chi connectivity index (χ3v) is 6.93.